The third kappa shape index (κ3) is 11.4. The highest BCUT2D eigenvalue weighted by atomic mass is 16.5. The number of aliphatic hydroxyl groups excluding tert-OH is 3. The third-order valence-corrected chi connectivity index (χ3v) is 8.95. The zero-order chi connectivity index (χ0) is 36.2. The Hall–Kier alpha value is -4.24. The molecule has 0 amide bonds. The summed E-state index contributed by atoms with van der Waals surface area (Å²) in [5.41, 5.74) is -2.28. The molecule has 3 aromatic carbocycles. The van der Waals surface area contributed by atoms with E-state index in [-0.39, 0.29) is 29.2 Å². The third-order valence-electron chi connectivity index (χ3n) is 8.95. The highest BCUT2D eigenvalue weighted by Crippen LogP contribution is 2.42. The van der Waals surface area contributed by atoms with E-state index >= 15 is 0 Å². The fourth-order valence-corrected chi connectivity index (χ4v) is 6.15. The van der Waals surface area contributed by atoms with Crippen LogP contribution in [0.5, 0.6) is 0 Å². The Kier molecular flexibility index (Phi) is 17.5. The van der Waals surface area contributed by atoms with Gasteiger partial charge in [-0.15, -0.1) is 0 Å². The minimum atomic E-state index is -2.63. The summed E-state index contributed by atoms with van der Waals surface area (Å²) in [6.07, 6.45) is 10.7. The first-order valence-electron chi connectivity index (χ1n) is 17.8. The maximum atomic E-state index is 14.8. The van der Waals surface area contributed by atoms with Crippen LogP contribution in [0.1, 0.15) is 109 Å². The molecule has 0 aliphatic carbocycles. The number of unbranched alkanes of at least 4 members (excludes halogenated alkanes) is 6. The Morgan fingerprint density at radius 1 is 0.660 bits per heavy atom. The van der Waals surface area contributed by atoms with Gasteiger partial charge in [-0.05, 0) is 32.1 Å². The van der Waals surface area contributed by atoms with Gasteiger partial charge in [0.25, 0.3) is 0 Å². The molecule has 0 bridgehead atoms. The van der Waals surface area contributed by atoms with Crippen LogP contribution in [0.4, 0.5) is 0 Å². The number of rotatable bonds is 24. The molecule has 0 spiro atoms. The number of ether oxygens (including phenoxy) is 1. The van der Waals surface area contributed by atoms with Crippen LogP contribution >= 0.6 is 0 Å². The Balaban J connectivity index is 1.97. The Bertz CT molecular complexity index is 1430. The molecule has 0 radical (unpaired) electrons. The summed E-state index contributed by atoms with van der Waals surface area (Å²) in [5.74, 6) is -4.99. The maximum Gasteiger partial charge on any atom is 0.328 e. The minimum Gasteiger partial charge on any atom is -0.462 e. The Morgan fingerprint density at radius 3 is 1.72 bits per heavy atom. The lowest BCUT2D eigenvalue weighted by Gasteiger charge is -2.36. The first-order chi connectivity index (χ1) is 24.3. The zero-order valence-electron chi connectivity index (χ0n) is 29.1. The molecule has 2 unspecified atom stereocenters. The SMILES string of the molecule is CCCCCC[C@@H](O)C/C=C\CCCCCC(C(=O)c1ccccc1)C(C(=O)OCC(O)CO)(C(=O)c1ccccc1)C(=O)c1ccccc1. The quantitative estimate of drug-likeness (QED) is 0.0293. The highest BCUT2D eigenvalue weighted by molar-refractivity contribution is 6.33. The van der Waals surface area contributed by atoms with Gasteiger partial charge < -0.3 is 20.1 Å². The lowest BCUT2D eigenvalue weighted by molar-refractivity contribution is -0.155. The van der Waals surface area contributed by atoms with Crippen molar-refractivity contribution in [2.75, 3.05) is 13.2 Å². The molecule has 3 N–H and O–H groups in total. The molecule has 0 saturated heterocycles. The summed E-state index contributed by atoms with van der Waals surface area (Å²) >= 11 is 0. The van der Waals surface area contributed by atoms with Crippen molar-refractivity contribution in [2.45, 2.75) is 89.8 Å². The number of benzene rings is 3. The van der Waals surface area contributed by atoms with Crippen LogP contribution in [-0.2, 0) is 9.53 Å². The van der Waals surface area contributed by atoms with Crippen LogP contribution in [-0.4, -0.2) is 64.1 Å². The van der Waals surface area contributed by atoms with Crippen molar-refractivity contribution < 1.29 is 39.2 Å². The molecule has 3 aromatic rings. The average molecular weight is 685 g/mol. The molecule has 268 valence electrons. The van der Waals surface area contributed by atoms with E-state index in [1.807, 2.05) is 12.2 Å². The molecular formula is C42H52O8. The van der Waals surface area contributed by atoms with Crippen molar-refractivity contribution in [1.82, 2.24) is 0 Å². The number of aliphatic hydroxyl groups is 3. The number of hydrogen-bond acceptors (Lipinski definition) is 8. The van der Waals surface area contributed by atoms with E-state index in [1.165, 1.54) is 30.7 Å². The molecule has 8 nitrogen and oxygen atoms in total. The highest BCUT2D eigenvalue weighted by Gasteiger charge is 2.61. The van der Waals surface area contributed by atoms with Crippen molar-refractivity contribution in [3.8, 4) is 0 Å². The lowest BCUT2D eigenvalue weighted by atomic mass is 9.62. The first kappa shape index (κ1) is 40.2. The van der Waals surface area contributed by atoms with E-state index in [0.29, 0.717) is 19.3 Å². The number of hydrogen-bond donors (Lipinski definition) is 3. The maximum absolute atomic E-state index is 14.8. The van der Waals surface area contributed by atoms with Gasteiger partial charge in [-0.25, -0.2) is 0 Å². The molecular weight excluding hydrogens is 632 g/mol. The predicted octanol–water partition coefficient (Wildman–Crippen LogP) is 7.36. The number of allylic oxidation sites excluding steroid dienone is 1. The first-order valence-corrected chi connectivity index (χ1v) is 17.8. The summed E-state index contributed by atoms with van der Waals surface area (Å²) in [5, 5.41) is 29.8. The standard InChI is InChI=1S/C42H52O8/c1-2-3-4-18-27-35(44)28-19-7-5-6-8-20-29-37(38(46)32-21-12-9-13-22-32)42(41(49)50-31-36(45)30-43,39(47)33-23-14-10-15-24-33)40(48)34-25-16-11-17-26-34/h7,9-17,19,21-26,35-37,43-45H,2-6,8,18,20,27-31H2,1H3/b19-7-/t35-,36?,37?/m1/s1. The topological polar surface area (TPSA) is 138 Å². The van der Waals surface area contributed by atoms with Crippen molar-refractivity contribution >= 4 is 23.3 Å². The molecule has 8 heteroatoms. The molecule has 0 aromatic heterocycles. The smallest absolute Gasteiger partial charge is 0.328 e. The van der Waals surface area contributed by atoms with E-state index in [0.717, 1.165) is 38.5 Å². The second-order valence-corrected chi connectivity index (χ2v) is 12.8. The van der Waals surface area contributed by atoms with E-state index in [2.05, 4.69) is 6.92 Å². The Labute approximate surface area is 296 Å². The average Bonchev–Trinajstić information content (AvgIpc) is 3.16. The van der Waals surface area contributed by atoms with Gasteiger partial charge in [0.1, 0.15) is 12.7 Å². The Morgan fingerprint density at radius 2 is 1.18 bits per heavy atom. The summed E-state index contributed by atoms with van der Waals surface area (Å²) < 4.78 is 5.47. The van der Waals surface area contributed by atoms with Gasteiger partial charge in [0, 0.05) is 16.7 Å². The monoisotopic (exact) mass is 684 g/mol. The molecule has 3 atom stereocenters. The van der Waals surface area contributed by atoms with E-state index in [4.69, 9.17) is 4.74 Å². The molecule has 0 heterocycles. The van der Waals surface area contributed by atoms with Gasteiger partial charge in [-0.3, -0.25) is 19.2 Å². The second-order valence-electron chi connectivity index (χ2n) is 12.8. The number of Topliss-reactive ketones (excluding diaryl/α,β-unsaturated/α-hetero) is 3. The predicted molar refractivity (Wildman–Crippen MR) is 194 cm³/mol. The van der Waals surface area contributed by atoms with Crippen LogP contribution < -0.4 is 0 Å². The fourth-order valence-electron chi connectivity index (χ4n) is 6.15. The number of esters is 1. The largest absolute Gasteiger partial charge is 0.462 e. The lowest BCUT2D eigenvalue weighted by Crippen LogP contribution is -2.55. The molecule has 0 fully saturated rings. The number of carbonyl (C=O) groups is 4. The summed E-state index contributed by atoms with van der Waals surface area (Å²) in [4.78, 5) is 58.4. The molecule has 0 aliphatic heterocycles. The van der Waals surface area contributed by atoms with Gasteiger partial charge in [0.2, 0.25) is 5.41 Å². The molecule has 50 heavy (non-hydrogen) atoms. The normalized spacial score (nSPS) is 13.4. The van der Waals surface area contributed by atoms with Crippen LogP contribution in [0.15, 0.2) is 103 Å². The van der Waals surface area contributed by atoms with Gasteiger partial charge in [0.15, 0.2) is 17.3 Å². The summed E-state index contributed by atoms with van der Waals surface area (Å²) in [7, 11) is 0. The summed E-state index contributed by atoms with van der Waals surface area (Å²) in [6.45, 7) is 0.776. The zero-order valence-corrected chi connectivity index (χ0v) is 29.1. The van der Waals surface area contributed by atoms with Crippen LogP contribution in [0, 0.1) is 11.3 Å². The van der Waals surface area contributed by atoms with Gasteiger partial charge in [0.05, 0.1) is 18.6 Å². The van der Waals surface area contributed by atoms with Crippen molar-refractivity contribution in [3.05, 3.63) is 120 Å². The van der Waals surface area contributed by atoms with E-state index < -0.39 is 54.0 Å². The second kappa shape index (κ2) is 21.8. The van der Waals surface area contributed by atoms with Gasteiger partial charge >= 0.3 is 5.97 Å². The molecule has 3 rings (SSSR count). The summed E-state index contributed by atoms with van der Waals surface area (Å²) in [6, 6.07) is 24.1. The van der Waals surface area contributed by atoms with Crippen LogP contribution in [0.3, 0.4) is 0 Å². The van der Waals surface area contributed by atoms with Crippen molar-refractivity contribution in [2.24, 2.45) is 11.3 Å². The van der Waals surface area contributed by atoms with Crippen LogP contribution in [0.25, 0.3) is 0 Å². The fraction of sp³-hybridized carbons (Fsp3) is 0.429. The van der Waals surface area contributed by atoms with Crippen molar-refractivity contribution in [3.63, 3.8) is 0 Å². The molecule has 0 aliphatic rings. The van der Waals surface area contributed by atoms with Gasteiger partial charge in [-0.2, -0.15) is 0 Å². The van der Waals surface area contributed by atoms with E-state index in [9.17, 15) is 34.5 Å². The van der Waals surface area contributed by atoms with Crippen LogP contribution in [0.2, 0.25) is 0 Å². The molecule has 0 saturated carbocycles. The van der Waals surface area contributed by atoms with Gasteiger partial charge in [-0.1, -0.05) is 149 Å². The van der Waals surface area contributed by atoms with E-state index in [1.54, 1.807) is 66.7 Å². The minimum absolute atomic E-state index is 0.0305. The number of carbonyl (C=O) groups excluding carboxylic acids is 4. The number of ketones is 3. The van der Waals surface area contributed by atoms with Crippen molar-refractivity contribution in [1.29, 1.82) is 0 Å².